The van der Waals surface area contributed by atoms with Gasteiger partial charge in [0, 0.05) is 0 Å². The molecule has 0 spiro atoms. The van der Waals surface area contributed by atoms with Crippen LogP contribution in [0.2, 0.25) is 0 Å². The number of rotatable bonds is 5. The van der Waals surface area contributed by atoms with Crippen molar-refractivity contribution in [1.29, 1.82) is 0 Å². The first-order valence-electron chi connectivity index (χ1n) is 5.78. The fourth-order valence-electron chi connectivity index (χ4n) is 1.58. The Balaban J connectivity index is 3.42. The zero-order valence-electron chi connectivity index (χ0n) is 12.1. The van der Waals surface area contributed by atoms with Crippen LogP contribution >= 0.6 is 11.6 Å². The van der Waals surface area contributed by atoms with Crippen molar-refractivity contribution in [2.45, 2.75) is 0 Å². The number of benzene rings is 1. The Bertz CT molecular complexity index is 561. The van der Waals surface area contributed by atoms with Crippen molar-refractivity contribution in [3.63, 3.8) is 0 Å². The van der Waals surface area contributed by atoms with Gasteiger partial charge in [-0.2, -0.15) is 0 Å². The Kier molecular flexibility index (Phi) is 6.05. The van der Waals surface area contributed by atoms with Gasteiger partial charge in [-0.15, -0.1) is 0 Å². The maximum atomic E-state index is 11.7. The first-order valence-corrected chi connectivity index (χ1v) is 6.16. The molecule has 0 fully saturated rings. The average molecular weight is 315 g/mol. The van der Waals surface area contributed by atoms with Crippen molar-refractivity contribution < 1.29 is 28.5 Å². The molecule has 6 nitrogen and oxygen atoms in total. The molecule has 114 valence electrons. The normalized spacial score (nSPS) is 9.57. The predicted molar refractivity (Wildman–Crippen MR) is 76.4 cm³/mol. The Labute approximate surface area is 127 Å². The highest BCUT2D eigenvalue weighted by Crippen LogP contribution is 2.33. The molecule has 0 amide bonds. The maximum Gasteiger partial charge on any atom is 0.346 e. The lowest BCUT2D eigenvalue weighted by Crippen LogP contribution is -2.17. The molecule has 0 heterocycles. The van der Waals surface area contributed by atoms with Crippen LogP contribution in [-0.4, -0.2) is 40.4 Å². The molecule has 0 aliphatic heterocycles. The third kappa shape index (κ3) is 3.66. The molecule has 0 aliphatic carbocycles. The molecular weight excluding hydrogens is 300 g/mol. The van der Waals surface area contributed by atoms with E-state index in [2.05, 4.69) is 9.47 Å². The topological polar surface area (TPSA) is 71.1 Å². The van der Waals surface area contributed by atoms with E-state index in [9.17, 15) is 9.59 Å². The zero-order chi connectivity index (χ0) is 16.0. The summed E-state index contributed by atoms with van der Waals surface area (Å²) in [4.78, 5) is 23.4. The standard InChI is InChI=1S/C14H15ClO6/c1-18-9-6-5-8(7-10(9)19-2)12(15)11(13(16)20-3)14(17)21-4/h5-7H,1-4H3. The molecule has 0 N–H and O–H groups in total. The summed E-state index contributed by atoms with van der Waals surface area (Å²) in [6, 6.07) is 4.71. The van der Waals surface area contributed by atoms with E-state index in [1.807, 2.05) is 0 Å². The van der Waals surface area contributed by atoms with E-state index in [0.717, 1.165) is 14.2 Å². The molecule has 0 aromatic heterocycles. The third-order valence-corrected chi connectivity index (χ3v) is 3.04. The summed E-state index contributed by atoms with van der Waals surface area (Å²) in [5.74, 6) is -0.881. The Hall–Kier alpha value is -2.21. The highest BCUT2D eigenvalue weighted by Gasteiger charge is 2.25. The van der Waals surface area contributed by atoms with Gasteiger partial charge in [-0.1, -0.05) is 11.6 Å². The minimum Gasteiger partial charge on any atom is -0.493 e. The van der Waals surface area contributed by atoms with E-state index in [0.29, 0.717) is 17.1 Å². The van der Waals surface area contributed by atoms with Crippen LogP contribution < -0.4 is 9.47 Å². The van der Waals surface area contributed by atoms with Crippen LogP contribution in [0.4, 0.5) is 0 Å². The van der Waals surface area contributed by atoms with Crippen LogP contribution in [0.5, 0.6) is 11.5 Å². The quantitative estimate of drug-likeness (QED) is 0.358. The number of ether oxygens (including phenoxy) is 4. The van der Waals surface area contributed by atoms with E-state index in [1.54, 1.807) is 12.1 Å². The van der Waals surface area contributed by atoms with Gasteiger partial charge in [0.05, 0.1) is 33.5 Å². The van der Waals surface area contributed by atoms with E-state index in [1.165, 1.54) is 20.3 Å². The first-order chi connectivity index (χ1) is 9.99. The number of carbonyl (C=O) groups excluding carboxylic acids is 2. The number of methoxy groups -OCH3 is 4. The fourth-order valence-corrected chi connectivity index (χ4v) is 1.86. The number of carbonyl (C=O) groups is 2. The molecular formula is C14H15ClO6. The lowest BCUT2D eigenvalue weighted by atomic mass is 10.1. The van der Waals surface area contributed by atoms with Crippen LogP contribution in [-0.2, 0) is 19.1 Å². The van der Waals surface area contributed by atoms with Crippen LogP contribution in [0.25, 0.3) is 5.03 Å². The van der Waals surface area contributed by atoms with Gasteiger partial charge >= 0.3 is 11.9 Å². The Morgan fingerprint density at radius 1 is 0.905 bits per heavy atom. The van der Waals surface area contributed by atoms with Crippen molar-refractivity contribution in [3.8, 4) is 11.5 Å². The van der Waals surface area contributed by atoms with E-state index in [-0.39, 0.29) is 5.03 Å². The molecule has 1 aromatic carbocycles. The van der Waals surface area contributed by atoms with Gasteiger partial charge in [0.15, 0.2) is 17.1 Å². The van der Waals surface area contributed by atoms with E-state index >= 15 is 0 Å². The van der Waals surface area contributed by atoms with Gasteiger partial charge < -0.3 is 18.9 Å². The summed E-state index contributed by atoms with van der Waals surface area (Å²) in [5.41, 5.74) is -0.00555. The monoisotopic (exact) mass is 314 g/mol. The van der Waals surface area contributed by atoms with Crippen LogP contribution in [0, 0.1) is 0 Å². The summed E-state index contributed by atoms with van der Waals surface area (Å²) < 4.78 is 19.3. The van der Waals surface area contributed by atoms with Crippen molar-refractivity contribution >= 4 is 28.6 Å². The molecule has 7 heteroatoms. The molecule has 0 atom stereocenters. The van der Waals surface area contributed by atoms with E-state index < -0.39 is 17.5 Å². The molecule has 0 saturated heterocycles. The summed E-state index contributed by atoms with van der Waals surface area (Å²) in [7, 11) is 5.23. The highest BCUT2D eigenvalue weighted by molar-refractivity contribution is 6.53. The highest BCUT2D eigenvalue weighted by atomic mass is 35.5. The SMILES string of the molecule is COC(=O)C(C(=O)OC)=C(Cl)c1ccc(OC)c(OC)c1. The molecule has 0 unspecified atom stereocenters. The summed E-state index contributed by atoms with van der Waals surface area (Å²) in [5, 5.41) is -0.102. The van der Waals surface area contributed by atoms with Gasteiger partial charge in [-0.25, -0.2) is 9.59 Å². The van der Waals surface area contributed by atoms with Crippen LogP contribution in [0.3, 0.4) is 0 Å². The van der Waals surface area contributed by atoms with Gasteiger partial charge in [-0.3, -0.25) is 0 Å². The number of hydrogen-bond donors (Lipinski definition) is 0. The average Bonchev–Trinajstić information content (AvgIpc) is 2.53. The second-order valence-corrected chi connectivity index (χ2v) is 4.12. The molecule has 21 heavy (non-hydrogen) atoms. The largest absolute Gasteiger partial charge is 0.493 e. The van der Waals surface area contributed by atoms with Crippen LogP contribution in [0.15, 0.2) is 23.8 Å². The molecule has 1 rings (SSSR count). The lowest BCUT2D eigenvalue weighted by molar-refractivity contribution is -0.143. The second kappa shape index (κ2) is 7.54. The number of esters is 2. The second-order valence-electron chi connectivity index (χ2n) is 3.74. The van der Waals surface area contributed by atoms with E-state index in [4.69, 9.17) is 21.1 Å². The minimum absolute atomic E-state index is 0.102. The van der Waals surface area contributed by atoms with Gasteiger partial charge in [-0.05, 0) is 23.8 Å². The first kappa shape index (κ1) is 16.8. The fraction of sp³-hybridized carbons (Fsp3) is 0.286. The Morgan fingerprint density at radius 2 is 1.43 bits per heavy atom. The third-order valence-electron chi connectivity index (χ3n) is 2.64. The van der Waals surface area contributed by atoms with Gasteiger partial charge in [0.25, 0.3) is 0 Å². The minimum atomic E-state index is -0.887. The lowest BCUT2D eigenvalue weighted by Gasteiger charge is -2.11. The molecule has 0 radical (unpaired) electrons. The number of halogens is 1. The van der Waals surface area contributed by atoms with Crippen molar-refractivity contribution in [1.82, 2.24) is 0 Å². The van der Waals surface area contributed by atoms with Gasteiger partial charge in [0.1, 0.15) is 0 Å². The molecule has 0 bridgehead atoms. The maximum absolute atomic E-state index is 11.7. The Morgan fingerprint density at radius 3 is 1.86 bits per heavy atom. The van der Waals surface area contributed by atoms with Crippen molar-refractivity contribution in [2.24, 2.45) is 0 Å². The van der Waals surface area contributed by atoms with Crippen molar-refractivity contribution in [2.75, 3.05) is 28.4 Å². The van der Waals surface area contributed by atoms with Crippen LogP contribution in [0.1, 0.15) is 5.56 Å². The predicted octanol–water partition coefficient (Wildman–Crippen LogP) is 2.00. The summed E-state index contributed by atoms with van der Waals surface area (Å²) in [6.07, 6.45) is 0. The smallest absolute Gasteiger partial charge is 0.346 e. The van der Waals surface area contributed by atoms with Gasteiger partial charge in [0.2, 0.25) is 0 Å². The number of hydrogen-bond acceptors (Lipinski definition) is 6. The molecule has 0 saturated carbocycles. The van der Waals surface area contributed by atoms with Crippen molar-refractivity contribution in [3.05, 3.63) is 29.3 Å². The zero-order valence-corrected chi connectivity index (χ0v) is 12.8. The summed E-state index contributed by atoms with van der Waals surface area (Å²) >= 11 is 6.13. The summed E-state index contributed by atoms with van der Waals surface area (Å²) in [6.45, 7) is 0. The molecule has 1 aromatic rings. The molecule has 0 aliphatic rings.